The second-order valence-corrected chi connectivity index (χ2v) is 13.1. The van der Waals surface area contributed by atoms with Gasteiger partial charge >= 0.3 is 0 Å². The molecule has 4 heteroatoms. The fraction of sp³-hybridized carbons (Fsp3) is 0. The Labute approximate surface area is 230 Å². The highest BCUT2D eigenvalue weighted by atomic mass is 32.1. The van der Waals surface area contributed by atoms with Gasteiger partial charge in [0.15, 0.2) is 0 Å². The second-order valence-electron chi connectivity index (χ2n) is 11.0. The number of fused-ring (bicyclic) bond motifs is 8. The van der Waals surface area contributed by atoms with E-state index in [1.165, 1.54) is 83.5 Å². The van der Waals surface area contributed by atoms with Gasteiger partial charge in [0.25, 0.3) is 0 Å². The number of benzene rings is 7. The van der Waals surface area contributed by atoms with E-state index in [1.807, 2.05) is 12.1 Å². The molecule has 0 unspecified atom stereocenters. The van der Waals surface area contributed by atoms with Gasteiger partial charge in [0.05, 0.1) is 0 Å². The molecule has 7 aromatic carbocycles. The van der Waals surface area contributed by atoms with Gasteiger partial charge in [0.1, 0.15) is 11.6 Å². The molecular formula is C36H14F2S2. The van der Waals surface area contributed by atoms with Crippen molar-refractivity contribution in [3.8, 4) is 0 Å². The predicted octanol–water partition coefficient (Wildman–Crippen LogP) is 10.2. The summed E-state index contributed by atoms with van der Waals surface area (Å²) < 4.78 is 32.6. The normalized spacial score (nSPS) is 13.2. The first-order valence-electron chi connectivity index (χ1n) is 13.3. The lowest BCUT2D eigenvalue weighted by molar-refractivity contribution is 0.629. The zero-order valence-corrected chi connectivity index (χ0v) is 22.3. The molecule has 2 heterocycles. The molecule has 0 spiro atoms. The molecule has 2 aliphatic rings. The Morgan fingerprint density at radius 3 is 1.18 bits per heavy atom. The lowest BCUT2D eigenvalue weighted by Crippen LogP contribution is -1.89. The van der Waals surface area contributed by atoms with Crippen LogP contribution < -0.4 is 0 Å². The molecule has 0 amide bonds. The van der Waals surface area contributed by atoms with Gasteiger partial charge in [-0.05, 0) is 89.9 Å². The fourth-order valence-electron chi connectivity index (χ4n) is 7.74. The molecule has 0 atom stereocenters. The molecule has 0 radical (unpaired) electrons. The molecule has 0 N–H and O–H groups in total. The summed E-state index contributed by atoms with van der Waals surface area (Å²) in [7, 11) is 0. The number of thiophene rings is 2. The Bertz CT molecular complexity index is 2880. The van der Waals surface area contributed by atoms with Crippen molar-refractivity contribution in [3.05, 3.63) is 137 Å². The molecule has 0 saturated carbocycles. The molecule has 40 heavy (non-hydrogen) atoms. The molecule has 9 aromatic rings. The number of hydrogen-bond acceptors (Lipinski definition) is 2. The van der Waals surface area contributed by atoms with Crippen LogP contribution in [0.4, 0.5) is 8.78 Å². The lowest BCUT2D eigenvalue weighted by Gasteiger charge is -2.14. The van der Waals surface area contributed by atoms with E-state index < -0.39 is 0 Å². The van der Waals surface area contributed by atoms with Gasteiger partial charge in [0.2, 0.25) is 0 Å². The van der Waals surface area contributed by atoms with Gasteiger partial charge in [-0.3, -0.25) is 0 Å². The van der Waals surface area contributed by atoms with Gasteiger partial charge in [-0.15, -0.1) is 22.7 Å². The lowest BCUT2D eigenvalue weighted by atomic mass is 9.88. The van der Waals surface area contributed by atoms with Crippen molar-refractivity contribution in [2.75, 3.05) is 0 Å². The summed E-state index contributed by atoms with van der Waals surface area (Å²) >= 11 is 3.39. The minimum absolute atomic E-state index is 0.187. The Hall–Kier alpha value is -4.38. The average Bonchev–Trinajstić information content (AvgIpc) is 3.68. The standard InChI is InChI=1S/C36H14F2S2/c37-15-1-3-21-27(13-15)39-35-25-11-7-19-18-6-10-24-32-26(36-34(24)22-4-2-16(38)14-28(22)40-36)12-8-20(30(18)32)17-5-9-23(33(21)35)31(25)29(17)19/h1-14H. The molecule has 11 rings (SSSR count). The van der Waals surface area contributed by atoms with Crippen LogP contribution in [0.1, 0.15) is 0 Å². The Morgan fingerprint density at radius 2 is 0.750 bits per heavy atom. The van der Waals surface area contributed by atoms with Crippen LogP contribution in [0.3, 0.4) is 0 Å². The maximum absolute atomic E-state index is 14.0. The van der Waals surface area contributed by atoms with E-state index >= 15 is 0 Å². The van der Waals surface area contributed by atoms with Gasteiger partial charge in [0, 0.05) is 50.1 Å². The van der Waals surface area contributed by atoms with Crippen molar-refractivity contribution in [2.45, 2.75) is 0 Å². The van der Waals surface area contributed by atoms with Crippen LogP contribution in [0.25, 0.3) is 63.3 Å². The average molecular weight is 549 g/mol. The van der Waals surface area contributed by atoms with Crippen molar-refractivity contribution in [2.24, 2.45) is 0 Å². The minimum atomic E-state index is -0.187. The van der Waals surface area contributed by atoms with Crippen LogP contribution >= 0.6 is 22.7 Å². The molecule has 2 aliphatic carbocycles. The van der Waals surface area contributed by atoms with Crippen molar-refractivity contribution < 1.29 is 8.78 Å². The molecule has 0 aliphatic heterocycles. The first kappa shape index (κ1) is 20.5. The van der Waals surface area contributed by atoms with Gasteiger partial charge in [-0.1, -0.05) is 48.5 Å². The van der Waals surface area contributed by atoms with Crippen molar-refractivity contribution in [1.82, 2.24) is 0 Å². The zero-order chi connectivity index (χ0) is 26.0. The van der Waals surface area contributed by atoms with Crippen LogP contribution in [-0.4, -0.2) is 0 Å². The molecule has 0 fully saturated rings. The monoisotopic (exact) mass is 548 g/mol. The zero-order valence-electron chi connectivity index (χ0n) is 20.7. The molecule has 184 valence electrons. The van der Waals surface area contributed by atoms with Gasteiger partial charge in [-0.25, -0.2) is 8.78 Å². The van der Waals surface area contributed by atoms with Crippen LogP contribution in [0, 0.1) is 52.0 Å². The Balaban J connectivity index is 1.41. The summed E-state index contributed by atoms with van der Waals surface area (Å²) in [6.45, 7) is 0. The predicted molar refractivity (Wildman–Crippen MR) is 162 cm³/mol. The van der Waals surface area contributed by atoms with Crippen molar-refractivity contribution in [3.63, 3.8) is 0 Å². The minimum Gasteiger partial charge on any atom is -0.207 e. The highest BCUT2D eigenvalue weighted by molar-refractivity contribution is 7.17. The summed E-state index contributed by atoms with van der Waals surface area (Å²) in [5.74, 6) is -0.374. The first-order chi connectivity index (χ1) is 19.7. The fourth-order valence-corrected chi connectivity index (χ4v) is 10.3. The van der Waals surface area contributed by atoms with E-state index in [1.54, 1.807) is 46.9 Å². The Kier molecular flexibility index (Phi) is 3.33. The van der Waals surface area contributed by atoms with Gasteiger partial charge < -0.3 is 0 Å². The Morgan fingerprint density at radius 1 is 0.375 bits per heavy atom. The molecular weight excluding hydrogens is 535 g/mol. The third kappa shape index (κ3) is 2.13. The number of halogens is 2. The SMILES string of the molecule is Fc1ccc2c3c(sc2c1)=c1ccc2c4ccc5c6c(ccc(c7ccc=3c1c27)c64)=c1sc2cc(F)ccc2c1=5. The molecule has 2 aromatic heterocycles. The van der Waals surface area contributed by atoms with Crippen molar-refractivity contribution in [1.29, 1.82) is 0 Å². The highest BCUT2D eigenvalue weighted by Crippen LogP contribution is 2.45. The van der Waals surface area contributed by atoms with E-state index in [4.69, 9.17) is 0 Å². The largest absolute Gasteiger partial charge is 0.207 e. The summed E-state index contributed by atoms with van der Waals surface area (Å²) in [5, 5.41) is 20.1. The molecule has 0 saturated heterocycles. The highest BCUT2D eigenvalue weighted by Gasteiger charge is 2.21. The van der Waals surface area contributed by atoms with E-state index in [2.05, 4.69) is 48.5 Å². The van der Waals surface area contributed by atoms with Crippen molar-refractivity contribution >= 4 is 85.9 Å². The maximum atomic E-state index is 14.0. The third-order valence-corrected chi connectivity index (χ3v) is 11.6. The maximum Gasteiger partial charge on any atom is 0.124 e. The quantitative estimate of drug-likeness (QED) is 0.131. The van der Waals surface area contributed by atoms with Crippen LogP contribution in [0.15, 0.2) is 84.9 Å². The van der Waals surface area contributed by atoms with Gasteiger partial charge in [-0.2, -0.15) is 0 Å². The third-order valence-electron chi connectivity index (χ3n) is 9.23. The number of hydrogen-bond donors (Lipinski definition) is 0. The van der Waals surface area contributed by atoms with E-state index in [0.717, 1.165) is 20.2 Å². The van der Waals surface area contributed by atoms with E-state index in [9.17, 15) is 8.78 Å². The summed E-state index contributed by atoms with van der Waals surface area (Å²) in [5.41, 5.74) is 0. The molecule has 0 nitrogen and oxygen atoms in total. The van der Waals surface area contributed by atoms with Crippen LogP contribution in [0.2, 0.25) is 0 Å². The number of rotatable bonds is 0. The first-order valence-corrected chi connectivity index (χ1v) is 14.9. The summed E-state index contributed by atoms with van der Waals surface area (Å²) in [6.07, 6.45) is 0. The second kappa shape index (κ2) is 6.49. The molecule has 0 bridgehead atoms. The van der Waals surface area contributed by atoms with Crippen LogP contribution in [-0.2, 0) is 0 Å². The van der Waals surface area contributed by atoms with Crippen LogP contribution in [0.5, 0.6) is 0 Å². The summed E-state index contributed by atoms with van der Waals surface area (Å²) in [6, 6.07) is 28.6. The van der Waals surface area contributed by atoms with E-state index in [-0.39, 0.29) is 11.6 Å². The smallest absolute Gasteiger partial charge is 0.124 e. The topological polar surface area (TPSA) is 0 Å². The van der Waals surface area contributed by atoms with E-state index in [0.29, 0.717) is 0 Å². The summed E-state index contributed by atoms with van der Waals surface area (Å²) in [4.78, 5) is 0.